The molecule has 6 nitrogen and oxygen atoms in total. The fourth-order valence-electron chi connectivity index (χ4n) is 1.96. The minimum absolute atomic E-state index is 0.0669. The number of urea groups is 1. The van der Waals surface area contributed by atoms with Crippen molar-refractivity contribution in [2.45, 2.75) is 25.7 Å². The quantitative estimate of drug-likeness (QED) is 0.779. The molecular weight excluding hydrogens is 327 g/mol. The first kappa shape index (κ1) is 17.8. The van der Waals surface area contributed by atoms with Crippen LogP contribution < -0.4 is 10.6 Å². The van der Waals surface area contributed by atoms with Crippen LogP contribution in [0.2, 0.25) is 0 Å². The lowest BCUT2D eigenvalue weighted by molar-refractivity contribution is -0.137. The number of nitrogens with one attached hydrogen (secondary N) is 2. The molecule has 0 spiro atoms. The number of aromatic nitrogens is 1. The van der Waals surface area contributed by atoms with Gasteiger partial charge in [-0.2, -0.15) is 13.2 Å². The van der Waals surface area contributed by atoms with Crippen LogP contribution in [-0.2, 0) is 12.7 Å². The lowest BCUT2D eigenvalue weighted by Gasteiger charge is -2.14. The maximum atomic E-state index is 12.6. The van der Waals surface area contributed by atoms with Gasteiger partial charge >= 0.3 is 12.2 Å². The van der Waals surface area contributed by atoms with Crippen molar-refractivity contribution < 1.29 is 27.6 Å². The molecule has 0 fully saturated rings. The maximum Gasteiger partial charge on any atom is 0.416 e. The van der Waals surface area contributed by atoms with E-state index >= 15 is 0 Å². The van der Waals surface area contributed by atoms with Crippen molar-refractivity contribution >= 4 is 6.03 Å². The topological polar surface area (TPSA) is 87.4 Å². The monoisotopic (exact) mass is 343 g/mol. The molecule has 1 aromatic carbocycles. The number of rotatable bonds is 5. The molecule has 0 saturated carbocycles. The summed E-state index contributed by atoms with van der Waals surface area (Å²) in [6.07, 6.45) is -5.75. The Morgan fingerprint density at radius 1 is 1.33 bits per heavy atom. The van der Waals surface area contributed by atoms with E-state index < -0.39 is 23.9 Å². The minimum atomic E-state index is -4.49. The number of aliphatic hydroxyl groups is 1. The summed E-state index contributed by atoms with van der Waals surface area (Å²) in [6.45, 7) is 1.61. The Kier molecular flexibility index (Phi) is 5.45. The molecule has 24 heavy (non-hydrogen) atoms. The number of amides is 2. The van der Waals surface area contributed by atoms with E-state index in [1.807, 2.05) is 0 Å². The summed E-state index contributed by atoms with van der Waals surface area (Å²) >= 11 is 0. The second-order valence-electron chi connectivity index (χ2n) is 5.13. The highest BCUT2D eigenvalue weighted by Crippen LogP contribution is 2.30. The molecule has 0 aliphatic rings. The van der Waals surface area contributed by atoms with Crippen molar-refractivity contribution in [3.63, 3.8) is 0 Å². The normalized spacial score (nSPS) is 12.7. The first-order chi connectivity index (χ1) is 11.3. The Morgan fingerprint density at radius 2 is 2.08 bits per heavy atom. The van der Waals surface area contributed by atoms with Crippen molar-refractivity contribution in [1.82, 2.24) is 15.8 Å². The van der Waals surface area contributed by atoms with Crippen LogP contribution in [0.5, 0.6) is 0 Å². The number of carbonyl (C=O) groups is 1. The summed E-state index contributed by atoms with van der Waals surface area (Å²) in [6, 6.07) is 5.39. The average molecular weight is 343 g/mol. The Hall–Kier alpha value is -2.55. The second kappa shape index (κ2) is 7.35. The first-order valence-electron chi connectivity index (χ1n) is 7.05. The predicted octanol–water partition coefficient (Wildman–Crippen LogP) is 2.53. The van der Waals surface area contributed by atoms with Crippen molar-refractivity contribution in [3.05, 3.63) is 52.9 Å². The van der Waals surface area contributed by atoms with E-state index in [0.717, 1.165) is 12.1 Å². The number of carbonyl (C=O) groups excluding carboxylic acids is 1. The van der Waals surface area contributed by atoms with Gasteiger partial charge in [-0.05, 0) is 24.6 Å². The van der Waals surface area contributed by atoms with Gasteiger partial charge in [-0.1, -0.05) is 17.3 Å². The molecule has 0 bridgehead atoms. The van der Waals surface area contributed by atoms with Crippen molar-refractivity contribution in [1.29, 1.82) is 0 Å². The zero-order chi connectivity index (χ0) is 17.7. The van der Waals surface area contributed by atoms with E-state index in [1.165, 1.54) is 12.1 Å². The maximum absolute atomic E-state index is 12.6. The molecule has 1 aromatic heterocycles. The minimum Gasteiger partial charge on any atom is -0.387 e. The molecule has 0 radical (unpaired) electrons. The van der Waals surface area contributed by atoms with Gasteiger partial charge in [0.1, 0.15) is 11.5 Å². The molecule has 3 N–H and O–H groups in total. The molecule has 0 aliphatic carbocycles. The summed E-state index contributed by atoms with van der Waals surface area (Å²) in [5.74, 6) is 0.604. The molecule has 2 rings (SSSR count). The van der Waals surface area contributed by atoms with Gasteiger partial charge in [-0.15, -0.1) is 0 Å². The Labute approximate surface area is 135 Å². The van der Waals surface area contributed by atoms with Crippen LogP contribution in [0.15, 0.2) is 34.9 Å². The fourth-order valence-corrected chi connectivity index (χ4v) is 1.96. The van der Waals surface area contributed by atoms with Gasteiger partial charge in [-0.3, -0.25) is 0 Å². The number of halogens is 3. The molecule has 130 valence electrons. The summed E-state index contributed by atoms with van der Waals surface area (Å²) in [4.78, 5) is 11.6. The Morgan fingerprint density at radius 3 is 2.71 bits per heavy atom. The van der Waals surface area contributed by atoms with Gasteiger partial charge in [0.15, 0.2) is 0 Å². The Bertz CT molecular complexity index is 701. The van der Waals surface area contributed by atoms with Gasteiger partial charge in [0.05, 0.1) is 18.2 Å². The smallest absolute Gasteiger partial charge is 0.387 e. The molecule has 9 heteroatoms. The van der Waals surface area contributed by atoms with Crippen LogP contribution in [0.25, 0.3) is 0 Å². The number of hydrogen-bond donors (Lipinski definition) is 3. The largest absolute Gasteiger partial charge is 0.416 e. The third kappa shape index (κ3) is 4.98. The molecule has 1 atom stereocenters. The van der Waals surface area contributed by atoms with Gasteiger partial charge in [0.2, 0.25) is 0 Å². The highest BCUT2D eigenvalue weighted by Gasteiger charge is 2.30. The SMILES string of the molecule is Cc1cc(CNC(=O)NC[C@H](O)c2cccc(C(F)(F)F)c2)no1. The van der Waals surface area contributed by atoms with Crippen LogP contribution in [-0.4, -0.2) is 22.8 Å². The zero-order valence-electron chi connectivity index (χ0n) is 12.7. The number of aliphatic hydroxyl groups excluding tert-OH is 1. The first-order valence-corrected chi connectivity index (χ1v) is 7.05. The summed E-state index contributed by atoms with van der Waals surface area (Å²) in [5, 5.41) is 18.5. The summed E-state index contributed by atoms with van der Waals surface area (Å²) in [5.41, 5.74) is -0.261. The van der Waals surface area contributed by atoms with E-state index in [-0.39, 0.29) is 18.7 Å². The molecule has 2 amide bonds. The van der Waals surface area contributed by atoms with E-state index in [9.17, 15) is 23.1 Å². The summed E-state index contributed by atoms with van der Waals surface area (Å²) < 4.78 is 42.7. The van der Waals surface area contributed by atoms with Crippen LogP contribution >= 0.6 is 0 Å². The summed E-state index contributed by atoms with van der Waals surface area (Å²) in [7, 11) is 0. The van der Waals surface area contributed by atoms with E-state index in [2.05, 4.69) is 15.8 Å². The lowest BCUT2D eigenvalue weighted by atomic mass is 10.1. The van der Waals surface area contributed by atoms with Crippen molar-refractivity contribution in [2.24, 2.45) is 0 Å². The highest BCUT2D eigenvalue weighted by atomic mass is 19.4. The van der Waals surface area contributed by atoms with Crippen LogP contribution in [0, 0.1) is 6.92 Å². The molecule has 2 aromatic rings. The second-order valence-corrected chi connectivity index (χ2v) is 5.13. The molecule has 1 heterocycles. The van der Waals surface area contributed by atoms with Crippen LogP contribution in [0.4, 0.5) is 18.0 Å². The van der Waals surface area contributed by atoms with E-state index in [0.29, 0.717) is 11.5 Å². The van der Waals surface area contributed by atoms with Gasteiger partial charge in [0.25, 0.3) is 0 Å². The number of aryl methyl sites for hydroxylation is 1. The molecular formula is C15H16F3N3O3. The predicted molar refractivity (Wildman–Crippen MR) is 77.9 cm³/mol. The molecule has 0 aliphatic heterocycles. The number of benzene rings is 1. The Balaban J connectivity index is 1.84. The van der Waals surface area contributed by atoms with Crippen LogP contribution in [0.1, 0.15) is 28.7 Å². The van der Waals surface area contributed by atoms with E-state index in [4.69, 9.17) is 4.52 Å². The van der Waals surface area contributed by atoms with E-state index in [1.54, 1.807) is 13.0 Å². The number of nitrogens with zero attached hydrogens (tertiary/aromatic N) is 1. The highest BCUT2D eigenvalue weighted by molar-refractivity contribution is 5.73. The average Bonchev–Trinajstić information content (AvgIpc) is 2.95. The van der Waals surface area contributed by atoms with Gasteiger partial charge < -0.3 is 20.3 Å². The van der Waals surface area contributed by atoms with Crippen molar-refractivity contribution in [2.75, 3.05) is 6.54 Å². The molecule has 0 saturated heterocycles. The van der Waals surface area contributed by atoms with Gasteiger partial charge in [0, 0.05) is 12.6 Å². The third-order valence-electron chi connectivity index (χ3n) is 3.16. The van der Waals surface area contributed by atoms with Crippen molar-refractivity contribution in [3.8, 4) is 0 Å². The zero-order valence-corrected chi connectivity index (χ0v) is 12.7. The lowest BCUT2D eigenvalue weighted by Crippen LogP contribution is -2.37. The standard InChI is InChI=1S/C15H16F3N3O3/c1-9-5-12(21-24-9)7-19-14(23)20-8-13(22)10-3-2-4-11(6-10)15(16,17)18/h2-6,13,22H,7-8H2,1H3,(H2,19,20,23)/t13-/m0/s1. The molecule has 0 unspecified atom stereocenters. The fraction of sp³-hybridized carbons (Fsp3) is 0.333. The third-order valence-corrected chi connectivity index (χ3v) is 3.16. The number of hydrogen-bond acceptors (Lipinski definition) is 4. The number of alkyl halides is 3. The van der Waals surface area contributed by atoms with Crippen LogP contribution in [0.3, 0.4) is 0 Å². The van der Waals surface area contributed by atoms with Gasteiger partial charge in [-0.25, -0.2) is 4.79 Å².